The molecule has 2 aromatic rings. The van der Waals surface area contributed by atoms with Crippen molar-refractivity contribution in [3.05, 3.63) is 68.7 Å². The molecule has 0 spiro atoms. The maximum atomic E-state index is 13.2. The maximum absolute atomic E-state index is 13.2. The molecule has 3 atom stereocenters. The van der Waals surface area contributed by atoms with Crippen LogP contribution in [0.2, 0.25) is 0 Å². The highest BCUT2D eigenvalue weighted by Gasteiger charge is 2.55. The van der Waals surface area contributed by atoms with Crippen LogP contribution < -0.4 is 0 Å². The largest absolute Gasteiger partial charge is 0.394 e. The first kappa shape index (κ1) is 20.9. The molecule has 0 radical (unpaired) electrons. The van der Waals surface area contributed by atoms with Crippen molar-refractivity contribution in [3.63, 3.8) is 0 Å². The molecule has 2 aliphatic rings. The molecule has 1 amide bonds. The average Bonchev–Trinajstić information content (AvgIpc) is 2.70. The normalized spacial score (nSPS) is 24.3. The Morgan fingerprint density at radius 1 is 1.17 bits per heavy atom. The van der Waals surface area contributed by atoms with E-state index in [-0.39, 0.29) is 19.1 Å². The Morgan fingerprint density at radius 2 is 1.83 bits per heavy atom. The minimum absolute atomic E-state index is 0.00263. The second-order valence-corrected chi connectivity index (χ2v) is 10.0. The smallest absolute Gasteiger partial charge is 0.289 e. The number of para-hydroxylation sites is 1. The molecular weight excluding hydrogens is 478 g/mol. The van der Waals surface area contributed by atoms with Crippen LogP contribution in [-0.2, 0) is 14.8 Å². The summed E-state index contributed by atoms with van der Waals surface area (Å²) in [6.07, 6.45) is 0. The van der Waals surface area contributed by atoms with Crippen molar-refractivity contribution >= 4 is 37.5 Å². The minimum Gasteiger partial charge on any atom is -0.394 e. The lowest BCUT2D eigenvalue weighted by Gasteiger charge is -2.58. The Labute approximate surface area is 181 Å². The molecule has 0 aliphatic carbocycles. The van der Waals surface area contributed by atoms with Crippen LogP contribution in [0.3, 0.4) is 0 Å². The number of halogens is 1. The summed E-state index contributed by atoms with van der Waals surface area (Å²) in [6, 6.07) is 11.6. The summed E-state index contributed by atoms with van der Waals surface area (Å²) in [6.45, 7) is -0.661. The lowest BCUT2D eigenvalue weighted by molar-refractivity contribution is -0.387. The fourth-order valence-corrected chi connectivity index (χ4v) is 6.13. The second-order valence-electron chi connectivity index (χ2n) is 7.22. The first-order chi connectivity index (χ1) is 14.3. The number of nitrogens with zero attached hydrogens (tertiary/aromatic N) is 3. The number of fused-ring (bicyclic) bond motifs is 1. The molecule has 30 heavy (non-hydrogen) atoms. The van der Waals surface area contributed by atoms with Gasteiger partial charge in [-0.15, -0.1) is 0 Å². The molecule has 4 rings (SSSR count). The van der Waals surface area contributed by atoms with Crippen LogP contribution in [0.25, 0.3) is 0 Å². The zero-order chi connectivity index (χ0) is 21.6. The molecular formula is C19H18BrN3O6S. The predicted octanol–water partition coefficient (Wildman–Crippen LogP) is 1.72. The van der Waals surface area contributed by atoms with Crippen LogP contribution in [0.15, 0.2) is 57.9 Å². The molecule has 0 aromatic heterocycles. The average molecular weight is 496 g/mol. The van der Waals surface area contributed by atoms with Gasteiger partial charge >= 0.3 is 0 Å². The molecule has 2 saturated heterocycles. The number of aliphatic hydroxyl groups excluding tert-OH is 1. The van der Waals surface area contributed by atoms with Gasteiger partial charge in [-0.2, -0.15) is 4.31 Å². The van der Waals surface area contributed by atoms with Crippen LogP contribution in [0, 0.1) is 10.1 Å². The number of aliphatic hydroxyl groups is 1. The monoisotopic (exact) mass is 495 g/mol. The van der Waals surface area contributed by atoms with Crippen molar-refractivity contribution in [2.75, 3.05) is 19.7 Å². The molecule has 0 unspecified atom stereocenters. The number of hydrogen-bond donors (Lipinski definition) is 1. The van der Waals surface area contributed by atoms with E-state index in [0.29, 0.717) is 0 Å². The van der Waals surface area contributed by atoms with Crippen molar-refractivity contribution in [2.45, 2.75) is 22.9 Å². The minimum atomic E-state index is -4.26. The predicted molar refractivity (Wildman–Crippen MR) is 110 cm³/mol. The van der Waals surface area contributed by atoms with Gasteiger partial charge in [0.05, 0.1) is 30.2 Å². The van der Waals surface area contributed by atoms with Gasteiger partial charge in [0.2, 0.25) is 15.9 Å². The number of carbonyl (C=O) groups excluding carboxylic acids is 1. The van der Waals surface area contributed by atoms with Gasteiger partial charge in [-0.05, 0) is 23.8 Å². The highest BCUT2D eigenvalue weighted by molar-refractivity contribution is 9.10. The standard InChI is InChI=1S/C19H18BrN3O6S/c20-13-7-5-12(6-8-13)19-15-9-21(10-18(25)22(15)16(19)11-24)30(28,29)17-4-2-1-3-14(17)23(26)27/h1-8,15-16,19,24H,9-11H2/t15-,16+,19-/m0/s1. The SMILES string of the molecule is O=C1CN(S(=O)(=O)c2ccccc2[N+](=O)[O-])C[C@H]2[C@H](c3ccc(Br)cc3)[C@@H](CO)N12. The van der Waals surface area contributed by atoms with E-state index in [1.54, 1.807) is 0 Å². The topological polar surface area (TPSA) is 121 Å². The van der Waals surface area contributed by atoms with E-state index < -0.39 is 50.1 Å². The summed E-state index contributed by atoms with van der Waals surface area (Å²) in [7, 11) is -4.26. The van der Waals surface area contributed by atoms with Gasteiger partial charge in [0.15, 0.2) is 4.90 Å². The van der Waals surface area contributed by atoms with E-state index >= 15 is 0 Å². The number of sulfonamides is 1. The number of nitro benzene ring substituents is 1. The van der Waals surface area contributed by atoms with E-state index in [4.69, 9.17) is 0 Å². The van der Waals surface area contributed by atoms with E-state index in [0.717, 1.165) is 20.4 Å². The van der Waals surface area contributed by atoms with Gasteiger partial charge in [-0.1, -0.05) is 40.2 Å². The van der Waals surface area contributed by atoms with Gasteiger partial charge in [-0.3, -0.25) is 14.9 Å². The van der Waals surface area contributed by atoms with Crippen LogP contribution >= 0.6 is 15.9 Å². The van der Waals surface area contributed by atoms with Crippen molar-refractivity contribution < 1.29 is 23.2 Å². The number of piperazine rings is 1. The Hall–Kier alpha value is -2.34. The van der Waals surface area contributed by atoms with E-state index in [1.807, 2.05) is 24.3 Å². The summed E-state index contributed by atoms with van der Waals surface area (Å²) >= 11 is 3.37. The lowest BCUT2D eigenvalue weighted by Crippen LogP contribution is -2.73. The number of nitro groups is 1. The maximum Gasteiger partial charge on any atom is 0.289 e. The van der Waals surface area contributed by atoms with Gasteiger partial charge in [0.1, 0.15) is 0 Å². The summed E-state index contributed by atoms with van der Waals surface area (Å²) in [5.74, 6) is -0.670. The Morgan fingerprint density at radius 3 is 2.47 bits per heavy atom. The summed E-state index contributed by atoms with van der Waals surface area (Å²) in [5, 5.41) is 21.1. The molecule has 2 aromatic carbocycles. The van der Waals surface area contributed by atoms with Crippen LogP contribution in [0.5, 0.6) is 0 Å². The molecule has 2 aliphatic heterocycles. The van der Waals surface area contributed by atoms with E-state index in [2.05, 4.69) is 15.9 Å². The first-order valence-electron chi connectivity index (χ1n) is 9.16. The summed E-state index contributed by atoms with van der Waals surface area (Å²) < 4.78 is 28.2. The molecule has 11 heteroatoms. The fraction of sp³-hybridized carbons (Fsp3) is 0.316. The Balaban J connectivity index is 1.68. The van der Waals surface area contributed by atoms with Crippen LogP contribution in [-0.4, -0.2) is 65.3 Å². The number of amides is 1. The van der Waals surface area contributed by atoms with Gasteiger partial charge in [-0.25, -0.2) is 8.42 Å². The highest BCUT2D eigenvalue weighted by atomic mass is 79.9. The van der Waals surface area contributed by atoms with Gasteiger partial charge in [0, 0.05) is 23.0 Å². The Kier molecular flexibility index (Phi) is 5.39. The zero-order valence-corrected chi connectivity index (χ0v) is 18.0. The molecule has 0 saturated carbocycles. The number of benzene rings is 2. The zero-order valence-electron chi connectivity index (χ0n) is 15.6. The molecule has 2 fully saturated rings. The number of rotatable bonds is 5. The number of carbonyl (C=O) groups is 1. The van der Waals surface area contributed by atoms with Crippen molar-refractivity contribution in [1.82, 2.24) is 9.21 Å². The van der Waals surface area contributed by atoms with Crippen molar-refractivity contribution in [2.24, 2.45) is 0 Å². The Bertz CT molecular complexity index is 1110. The van der Waals surface area contributed by atoms with Crippen LogP contribution in [0.4, 0.5) is 5.69 Å². The first-order valence-corrected chi connectivity index (χ1v) is 11.4. The highest BCUT2D eigenvalue weighted by Crippen LogP contribution is 2.44. The molecule has 1 N–H and O–H groups in total. The third-order valence-corrected chi connectivity index (χ3v) is 8.04. The second kappa shape index (κ2) is 7.73. The van der Waals surface area contributed by atoms with E-state index in [9.17, 15) is 28.4 Å². The van der Waals surface area contributed by atoms with Gasteiger partial charge < -0.3 is 10.0 Å². The summed E-state index contributed by atoms with van der Waals surface area (Å²) in [4.78, 5) is 24.4. The third-order valence-electron chi connectivity index (χ3n) is 5.66. The van der Waals surface area contributed by atoms with Crippen LogP contribution in [0.1, 0.15) is 11.5 Å². The van der Waals surface area contributed by atoms with Gasteiger partial charge in [0.25, 0.3) is 5.69 Å². The van der Waals surface area contributed by atoms with Crippen molar-refractivity contribution in [1.29, 1.82) is 0 Å². The molecule has 158 valence electrons. The third kappa shape index (κ3) is 3.31. The summed E-state index contributed by atoms with van der Waals surface area (Å²) in [5.41, 5.74) is 0.356. The quantitative estimate of drug-likeness (QED) is 0.497. The molecule has 9 nitrogen and oxygen atoms in total. The molecule has 0 bridgehead atoms. The number of hydrogen-bond acceptors (Lipinski definition) is 6. The molecule has 2 heterocycles. The lowest BCUT2D eigenvalue weighted by atomic mass is 9.74. The van der Waals surface area contributed by atoms with E-state index in [1.165, 1.54) is 23.1 Å². The fourth-order valence-electron chi connectivity index (χ4n) is 4.30. The van der Waals surface area contributed by atoms with Crippen molar-refractivity contribution in [3.8, 4) is 0 Å².